The molecule has 0 bridgehead atoms. The first-order valence-corrected chi connectivity index (χ1v) is 12.6. The number of pyridine rings is 2. The fraction of sp³-hybridized carbons (Fsp3) is 0.0286. The normalized spacial score (nSPS) is 10.6. The van der Waals surface area contributed by atoms with Gasteiger partial charge in [-0.05, 0) is 48.1 Å². The number of fused-ring (bicyclic) bond motifs is 3. The van der Waals surface area contributed by atoms with Crippen molar-refractivity contribution >= 4 is 21.9 Å². The van der Waals surface area contributed by atoms with Crippen molar-refractivity contribution in [3.63, 3.8) is 0 Å². The van der Waals surface area contributed by atoms with E-state index >= 15 is 0 Å². The van der Waals surface area contributed by atoms with E-state index in [1.807, 2.05) is 104 Å². The molecule has 3 heterocycles. The average Bonchev–Trinajstić information content (AvgIpc) is 3.38. The van der Waals surface area contributed by atoms with Crippen LogP contribution in [0.4, 0.5) is 4.39 Å². The molecule has 0 aliphatic carbocycles. The van der Waals surface area contributed by atoms with Crippen molar-refractivity contribution in [2.24, 2.45) is 0 Å². The van der Waals surface area contributed by atoms with Crippen molar-refractivity contribution in [1.82, 2.24) is 9.97 Å². The molecule has 0 aliphatic heterocycles. The molecular formula is C35H23FIrN2O-2. The van der Waals surface area contributed by atoms with Gasteiger partial charge in [0.05, 0.1) is 11.1 Å². The topological polar surface area (TPSA) is 38.9 Å². The predicted molar refractivity (Wildman–Crippen MR) is 154 cm³/mol. The van der Waals surface area contributed by atoms with Crippen LogP contribution in [0.1, 0.15) is 5.56 Å². The SMILES string of the molecule is Cc1ccc(-c2c(F)ccc3c2oc2c(-c4ccccn4)[c-]ccc23)cc1.[Ir].[c-]1ccccc1-c1ccccn1. The van der Waals surface area contributed by atoms with E-state index in [9.17, 15) is 4.39 Å². The van der Waals surface area contributed by atoms with E-state index in [2.05, 4.69) is 22.1 Å². The molecule has 0 fully saturated rings. The molecule has 0 unspecified atom stereocenters. The Morgan fingerprint density at radius 1 is 0.650 bits per heavy atom. The molecule has 0 saturated carbocycles. The monoisotopic (exact) mass is 699 g/mol. The van der Waals surface area contributed by atoms with Crippen LogP contribution in [0.3, 0.4) is 0 Å². The molecule has 7 aromatic rings. The van der Waals surface area contributed by atoms with Crippen LogP contribution in [-0.2, 0) is 20.1 Å². The van der Waals surface area contributed by atoms with Crippen LogP contribution >= 0.6 is 0 Å². The smallest absolute Gasteiger partial charge is 0.134 e. The standard InChI is InChI=1S/C24H15FNO.C11H8N.Ir/c1-15-8-10-16(11-9-15)22-20(25)13-12-18-17-5-4-6-19(23(17)27-24(18)22)21-7-2-3-14-26-21;1-2-6-10(7-3-1)11-8-4-5-9-12-11;/h2-5,7-14H,1H3;1-6,8-9H;/q2*-1;. The molecular weight excluding hydrogens is 676 g/mol. The van der Waals surface area contributed by atoms with Crippen LogP contribution in [0.5, 0.6) is 0 Å². The molecule has 0 atom stereocenters. The number of nitrogens with zero attached hydrogens (tertiary/aromatic N) is 2. The summed E-state index contributed by atoms with van der Waals surface area (Å²) in [6.45, 7) is 2.01. The molecule has 40 heavy (non-hydrogen) atoms. The number of furan rings is 1. The summed E-state index contributed by atoms with van der Waals surface area (Å²) in [7, 11) is 0. The van der Waals surface area contributed by atoms with Crippen molar-refractivity contribution in [1.29, 1.82) is 0 Å². The summed E-state index contributed by atoms with van der Waals surface area (Å²) in [6.07, 6.45) is 3.53. The largest absolute Gasteiger partial charge is 0.500 e. The van der Waals surface area contributed by atoms with E-state index in [0.717, 1.165) is 44.4 Å². The Balaban J connectivity index is 0.000000209. The van der Waals surface area contributed by atoms with E-state index in [-0.39, 0.29) is 25.9 Å². The van der Waals surface area contributed by atoms with Gasteiger partial charge in [0.1, 0.15) is 11.4 Å². The van der Waals surface area contributed by atoms with Gasteiger partial charge in [0.25, 0.3) is 0 Å². The summed E-state index contributed by atoms with van der Waals surface area (Å²) in [5.74, 6) is -0.297. The summed E-state index contributed by atoms with van der Waals surface area (Å²) < 4.78 is 21.0. The number of halogens is 1. The van der Waals surface area contributed by atoms with Gasteiger partial charge in [0, 0.05) is 37.9 Å². The van der Waals surface area contributed by atoms with E-state index in [1.54, 1.807) is 18.5 Å². The molecule has 4 aromatic carbocycles. The third-order valence-corrected chi connectivity index (χ3v) is 6.46. The molecule has 1 radical (unpaired) electrons. The van der Waals surface area contributed by atoms with Gasteiger partial charge in [-0.1, -0.05) is 65.0 Å². The number of aryl methyl sites for hydroxylation is 1. The van der Waals surface area contributed by atoms with E-state index in [4.69, 9.17) is 4.42 Å². The van der Waals surface area contributed by atoms with Gasteiger partial charge >= 0.3 is 0 Å². The van der Waals surface area contributed by atoms with Crippen LogP contribution in [0.25, 0.3) is 55.6 Å². The molecule has 0 saturated heterocycles. The van der Waals surface area contributed by atoms with Gasteiger partial charge < -0.3 is 14.4 Å². The third-order valence-electron chi connectivity index (χ3n) is 6.46. The summed E-state index contributed by atoms with van der Waals surface area (Å²) in [4.78, 5) is 8.63. The third kappa shape index (κ3) is 5.48. The molecule has 5 heteroatoms. The average molecular weight is 699 g/mol. The summed E-state index contributed by atoms with van der Waals surface area (Å²) in [6, 6.07) is 40.6. The van der Waals surface area contributed by atoms with Crippen molar-refractivity contribution < 1.29 is 28.9 Å². The zero-order chi connectivity index (χ0) is 26.6. The zero-order valence-corrected chi connectivity index (χ0v) is 24.0. The molecule has 0 amide bonds. The van der Waals surface area contributed by atoms with Crippen LogP contribution < -0.4 is 0 Å². The zero-order valence-electron chi connectivity index (χ0n) is 21.6. The summed E-state index contributed by atoms with van der Waals surface area (Å²) in [5.41, 5.74) is 7.19. The molecule has 0 aliphatic rings. The molecule has 3 aromatic heterocycles. The Morgan fingerprint density at radius 2 is 1.35 bits per heavy atom. The van der Waals surface area contributed by atoms with E-state index in [0.29, 0.717) is 16.7 Å². The Labute approximate surface area is 245 Å². The van der Waals surface area contributed by atoms with Gasteiger partial charge in [-0.2, -0.15) is 0 Å². The van der Waals surface area contributed by atoms with Crippen molar-refractivity contribution in [3.05, 3.63) is 145 Å². The Morgan fingerprint density at radius 3 is 2.02 bits per heavy atom. The van der Waals surface area contributed by atoms with Crippen molar-refractivity contribution in [2.75, 3.05) is 0 Å². The number of rotatable bonds is 3. The quantitative estimate of drug-likeness (QED) is 0.173. The fourth-order valence-corrected chi connectivity index (χ4v) is 4.55. The number of benzene rings is 4. The number of hydrogen-bond acceptors (Lipinski definition) is 3. The van der Waals surface area contributed by atoms with Gasteiger partial charge in [0.15, 0.2) is 0 Å². The minimum atomic E-state index is -0.297. The molecule has 197 valence electrons. The van der Waals surface area contributed by atoms with Gasteiger partial charge in [-0.15, -0.1) is 54.1 Å². The summed E-state index contributed by atoms with van der Waals surface area (Å²) in [5, 5.41) is 1.81. The summed E-state index contributed by atoms with van der Waals surface area (Å²) >= 11 is 0. The Kier molecular flexibility index (Phi) is 8.25. The maximum atomic E-state index is 14.8. The molecule has 7 rings (SSSR count). The maximum absolute atomic E-state index is 14.8. The number of hydrogen-bond donors (Lipinski definition) is 0. The van der Waals surface area contributed by atoms with Crippen molar-refractivity contribution in [3.8, 4) is 33.6 Å². The van der Waals surface area contributed by atoms with Crippen molar-refractivity contribution in [2.45, 2.75) is 6.92 Å². The second kappa shape index (κ2) is 12.2. The Bertz CT molecular complexity index is 1820. The fourth-order valence-electron chi connectivity index (χ4n) is 4.55. The minimum absolute atomic E-state index is 0. The maximum Gasteiger partial charge on any atom is 0.134 e. The Hall–Kier alpha value is -4.44. The van der Waals surface area contributed by atoms with E-state index in [1.165, 1.54) is 6.07 Å². The second-order valence-electron chi connectivity index (χ2n) is 9.07. The van der Waals surface area contributed by atoms with E-state index < -0.39 is 0 Å². The van der Waals surface area contributed by atoms with Crippen LogP contribution in [0.15, 0.2) is 126 Å². The van der Waals surface area contributed by atoms with Crippen LogP contribution in [0.2, 0.25) is 0 Å². The number of aromatic nitrogens is 2. The molecule has 3 nitrogen and oxygen atoms in total. The first kappa shape index (κ1) is 27.1. The van der Waals surface area contributed by atoms with Gasteiger partial charge in [-0.3, -0.25) is 0 Å². The van der Waals surface area contributed by atoms with Crippen LogP contribution in [0, 0.1) is 24.9 Å². The van der Waals surface area contributed by atoms with Crippen LogP contribution in [-0.4, -0.2) is 9.97 Å². The predicted octanol–water partition coefficient (Wildman–Crippen LogP) is 9.11. The second-order valence-corrected chi connectivity index (χ2v) is 9.07. The van der Waals surface area contributed by atoms with Gasteiger partial charge in [0.2, 0.25) is 0 Å². The van der Waals surface area contributed by atoms with Gasteiger partial charge in [-0.25, -0.2) is 4.39 Å². The first-order chi connectivity index (χ1) is 19.2. The molecule has 0 spiro atoms. The minimum Gasteiger partial charge on any atom is -0.500 e. The first-order valence-electron chi connectivity index (χ1n) is 12.6. The molecule has 0 N–H and O–H groups in total.